The molecule has 2 N–H and O–H groups in total. The number of ketones is 1. The third-order valence-corrected chi connectivity index (χ3v) is 3.98. The molecule has 134 valence electrons. The molecule has 0 spiro atoms. The predicted molar refractivity (Wildman–Crippen MR) is 102 cm³/mol. The van der Waals surface area contributed by atoms with Crippen molar-refractivity contribution < 1.29 is 14.4 Å². The van der Waals surface area contributed by atoms with Crippen LogP contribution in [-0.2, 0) is 11.2 Å². The molecule has 0 fully saturated rings. The van der Waals surface area contributed by atoms with E-state index in [0.717, 1.165) is 5.56 Å². The monoisotopic (exact) mass is 358 g/mol. The largest absolute Gasteiger partial charge is 0.289 e. The summed E-state index contributed by atoms with van der Waals surface area (Å²) in [5.74, 6) is -1.14. The van der Waals surface area contributed by atoms with E-state index >= 15 is 0 Å². The number of carbonyl (C=O) groups excluding carboxylic acids is 3. The Morgan fingerprint density at radius 2 is 1.19 bits per heavy atom. The minimum absolute atomic E-state index is 0.145. The SMILES string of the molecule is O=C(Cc1ccccc1)NNC(=O)c1ccccc1C(=O)c1ccccc1. The van der Waals surface area contributed by atoms with Gasteiger partial charge in [0.2, 0.25) is 5.91 Å². The molecule has 0 aliphatic heterocycles. The summed E-state index contributed by atoms with van der Waals surface area (Å²) in [4.78, 5) is 37.2. The Bertz CT molecular complexity index is 954. The molecule has 0 aromatic heterocycles. The first-order valence-corrected chi connectivity index (χ1v) is 8.47. The van der Waals surface area contributed by atoms with Crippen LogP contribution in [0.5, 0.6) is 0 Å². The van der Waals surface area contributed by atoms with Gasteiger partial charge in [-0.25, -0.2) is 0 Å². The van der Waals surface area contributed by atoms with E-state index < -0.39 is 5.91 Å². The van der Waals surface area contributed by atoms with E-state index in [1.165, 1.54) is 0 Å². The Balaban J connectivity index is 1.68. The molecule has 0 bridgehead atoms. The smallest absolute Gasteiger partial charge is 0.270 e. The molecule has 0 aliphatic carbocycles. The zero-order chi connectivity index (χ0) is 19.1. The van der Waals surface area contributed by atoms with Gasteiger partial charge in [0.1, 0.15) is 0 Å². The van der Waals surface area contributed by atoms with E-state index in [1.807, 2.05) is 36.4 Å². The number of nitrogens with one attached hydrogen (secondary N) is 2. The average Bonchev–Trinajstić information content (AvgIpc) is 2.73. The van der Waals surface area contributed by atoms with Crippen molar-refractivity contribution in [3.8, 4) is 0 Å². The summed E-state index contributed by atoms with van der Waals surface area (Å²) >= 11 is 0. The van der Waals surface area contributed by atoms with Crippen molar-refractivity contribution >= 4 is 17.6 Å². The fraction of sp³-hybridized carbons (Fsp3) is 0.0455. The Morgan fingerprint density at radius 3 is 1.85 bits per heavy atom. The van der Waals surface area contributed by atoms with Crippen LogP contribution in [0.2, 0.25) is 0 Å². The zero-order valence-corrected chi connectivity index (χ0v) is 14.5. The Kier molecular flexibility index (Phi) is 5.74. The fourth-order valence-electron chi connectivity index (χ4n) is 2.64. The van der Waals surface area contributed by atoms with Gasteiger partial charge in [-0.05, 0) is 11.6 Å². The number of benzene rings is 3. The first kappa shape index (κ1) is 18.1. The second kappa shape index (κ2) is 8.58. The molecule has 5 nitrogen and oxygen atoms in total. The van der Waals surface area contributed by atoms with Gasteiger partial charge in [-0.2, -0.15) is 0 Å². The molecular weight excluding hydrogens is 340 g/mol. The van der Waals surface area contributed by atoms with Crippen molar-refractivity contribution in [1.29, 1.82) is 0 Å². The molecule has 0 atom stereocenters. The highest BCUT2D eigenvalue weighted by atomic mass is 16.2. The Labute approximate surface area is 157 Å². The number of hydrogen-bond acceptors (Lipinski definition) is 3. The number of hydrogen-bond donors (Lipinski definition) is 2. The molecule has 0 saturated carbocycles. The van der Waals surface area contributed by atoms with Gasteiger partial charge in [0.15, 0.2) is 5.78 Å². The maximum absolute atomic E-state index is 12.7. The quantitative estimate of drug-likeness (QED) is 0.544. The van der Waals surface area contributed by atoms with Crippen LogP contribution in [0.25, 0.3) is 0 Å². The zero-order valence-electron chi connectivity index (χ0n) is 14.5. The third kappa shape index (κ3) is 4.67. The first-order chi connectivity index (χ1) is 13.1. The van der Waals surface area contributed by atoms with Crippen LogP contribution in [0.15, 0.2) is 84.9 Å². The second-order valence-corrected chi connectivity index (χ2v) is 5.91. The summed E-state index contributed by atoms with van der Waals surface area (Å²) in [7, 11) is 0. The van der Waals surface area contributed by atoms with Crippen LogP contribution in [0, 0.1) is 0 Å². The summed E-state index contributed by atoms with van der Waals surface area (Å²) in [5.41, 5.74) is 6.57. The van der Waals surface area contributed by atoms with Crippen LogP contribution in [0.1, 0.15) is 31.8 Å². The fourth-order valence-corrected chi connectivity index (χ4v) is 2.64. The summed E-state index contributed by atoms with van der Waals surface area (Å²) in [6.45, 7) is 0. The second-order valence-electron chi connectivity index (χ2n) is 5.91. The van der Waals surface area contributed by atoms with Gasteiger partial charge in [0.25, 0.3) is 5.91 Å². The van der Waals surface area contributed by atoms with Crippen LogP contribution in [0.4, 0.5) is 0 Å². The van der Waals surface area contributed by atoms with E-state index in [1.54, 1.807) is 48.5 Å². The molecule has 3 aromatic rings. The van der Waals surface area contributed by atoms with Gasteiger partial charge < -0.3 is 0 Å². The van der Waals surface area contributed by atoms with Crippen molar-refractivity contribution in [3.05, 3.63) is 107 Å². The highest BCUT2D eigenvalue weighted by Gasteiger charge is 2.18. The molecule has 0 radical (unpaired) electrons. The minimum Gasteiger partial charge on any atom is -0.289 e. The number of carbonyl (C=O) groups is 3. The normalized spacial score (nSPS) is 10.1. The van der Waals surface area contributed by atoms with E-state index in [0.29, 0.717) is 5.56 Å². The third-order valence-electron chi connectivity index (χ3n) is 3.98. The standard InChI is InChI=1S/C22H18N2O3/c25-20(15-16-9-3-1-4-10-16)23-24-22(27)19-14-8-7-13-18(19)21(26)17-11-5-2-6-12-17/h1-14H,15H2,(H,23,25)(H,24,27). The van der Waals surface area contributed by atoms with Gasteiger partial charge in [-0.1, -0.05) is 78.9 Å². The van der Waals surface area contributed by atoms with Crippen LogP contribution < -0.4 is 10.9 Å². The maximum Gasteiger partial charge on any atom is 0.270 e. The van der Waals surface area contributed by atoms with Crippen molar-refractivity contribution in [2.75, 3.05) is 0 Å². The van der Waals surface area contributed by atoms with Crippen molar-refractivity contribution in [2.45, 2.75) is 6.42 Å². The summed E-state index contributed by atoms with van der Waals surface area (Å²) in [6.07, 6.45) is 0.145. The number of amides is 2. The average molecular weight is 358 g/mol. The lowest BCUT2D eigenvalue weighted by atomic mass is 9.98. The molecule has 3 aromatic carbocycles. The van der Waals surface area contributed by atoms with Gasteiger partial charge in [0.05, 0.1) is 12.0 Å². The molecule has 0 unspecified atom stereocenters. The minimum atomic E-state index is -0.545. The van der Waals surface area contributed by atoms with E-state index in [4.69, 9.17) is 0 Å². The molecule has 0 heterocycles. The molecule has 3 rings (SSSR count). The lowest BCUT2D eigenvalue weighted by Crippen LogP contribution is -2.42. The highest BCUT2D eigenvalue weighted by Crippen LogP contribution is 2.14. The summed E-state index contributed by atoms with van der Waals surface area (Å²) in [6, 6.07) is 24.4. The lowest BCUT2D eigenvalue weighted by molar-refractivity contribution is -0.121. The predicted octanol–water partition coefficient (Wildman–Crippen LogP) is 2.92. The van der Waals surface area contributed by atoms with Gasteiger partial charge in [-0.3, -0.25) is 25.2 Å². The van der Waals surface area contributed by atoms with Gasteiger partial charge in [0, 0.05) is 11.1 Å². The molecule has 0 saturated heterocycles. The molecule has 27 heavy (non-hydrogen) atoms. The lowest BCUT2D eigenvalue weighted by Gasteiger charge is -2.11. The molecule has 2 amide bonds. The first-order valence-electron chi connectivity index (χ1n) is 8.47. The van der Waals surface area contributed by atoms with E-state index in [-0.39, 0.29) is 29.2 Å². The highest BCUT2D eigenvalue weighted by molar-refractivity contribution is 6.15. The topological polar surface area (TPSA) is 75.3 Å². The Morgan fingerprint density at radius 1 is 0.630 bits per heavy atom. The van der Waals surface area contributed by atoms with Crippen molar-refractivity contribution in [2.24, 2.45) is 0 Å². The van der Waals surface area contributed by atoms with Crippen LogP contribution in [-0.4, -0.2) is 17.6 Å². The van der Waals surface area contributed by atoms with Gasteiger partial charge >= 0.3 is 0 Å². The van der Waals surface area contributed by atoms with Crippen LogP contribution in [0.3, 0.4) is 0 Å². The van der Waals surface area contributed by atoms with Crippen LogP contribution >= 0.6 is 0 Å². The summed E-state index contributed by atoms with van der Waals surface area (Å²) < 4.78 is 0. The molecular formula is C22H18N2O3. The van der Waals surface area contributed by atoms with Gasteiger partial charge in [-0.15, -0.1) is 0 Å². The molecule has 5 heteroatoms. The van der Waals surface area contributed by atoms with E-state index in [9.17, 15) is 14.4 Å². The number of hydrazine groups is 1. The molecule has 0 aliphatic rings. The maximum atomic E-state index is 12.7. The van der Waals surface area contributed by atoms with Crippen molar-refractivity contribution in [1.82, 2.24) is 10.9 Å². The van der Waals surface area contributed by atoms with E-state index in [2.05, 4.69) is 10.9 Å². The summed E-state index contributed by atoms with van der Waals surface area (Å²) in [5, 5.41) is 0. The number of rotatable bonds is 5. The Hall–Kier alpha value is -3.73. The van der Waals surface area contributed by atoms with Crippen molar-refractivity contribution in [3.63, 3.8) is 0 Å².